The lowest BCUT2D eigenvalue weighted by Crippen LogP contribution is -2.10. The average Bonchev–Trinajstić information content (AvgIpc) is 3.74. The van der Waals surface area contributed by atoms with E-state index in [9.17, 15) is 0 Å². The lowest BCUT2D eigenvalue weighted by Gasteiger charge is -2.26. The van der Waals surface area contributed by atoms with Gasteiger partial charge in [0.2, 0.25) is 0 Å². The van der Waals surface area contributed by atoms with Crippen molar-refractivity contribution in [3.8, 4) is 22.3 Å². The standard InChI is InChI=1S/C46H29NO2/c1-2-10-33-29-34(20-19-30(33)9-1)31-21-25-35(26-22-31)47(41-15-8-18-44-45(41)40-12-4-6-17-43(40)48-44)36-27-23-32(24-28-36)37-13-7-14-39-38-11-3-5-16-42(38)49-46(37)39/h1-29H. The monoisotopic (exact) mass is 627 g/mol. The van der Waals surface area contributed by atoms with E-state index in [4.69, 9.17) is 8.83 Å². The van der Waals surface area contributed by atoms with Crippen LogP contribution >= 0.6 is 0 Å². The van der Waals surface area contributed by atoms with Gasteiger partial charge in [0.1, 0.15) is 22.3 Å². The number of fused-ring (bicyclic) bond motifs is 7. The second kappa shape index (κ2) is 11.0. The average molecular weight is 628 g/mol. The predicted octanol–water partition coefficient (Wildman–Crippen LogP) is 13.4. The van der Waals surface area contributed by atoms with Crippen LogP contribution in [0.25, 0.3) is 76.9 Å². The van der Waals surface area contributed by atoms with Gasteiger partial charge in [-0.3, -0.25) is 0 Å². The van der Waals surface area contributed by atoms with E-state index in [1.807, 2.05) is 24.3 Å². The highest BCUT2D eigenvalue weighted by atomic mass is 16.3. The molecule has 230 valence electrons. The molecule has 0 radical (unpaired) electrons. The molecule has 2 heterocycles. The SMILES string of the molecule is c1ccc2cc(-c3ccc(N(c4ccc(-c5cccc6c5oc5ccccc56)cc4)c4cccc5oc6ccccc6c45)cc3)ccc2c1. The van der Waals surface area contributed by atoms with Gasteiger partial charge in [-0.15, -0.1) is 0 Å². The van der Waals surface area contributed by atoms with Gasteiger partial charge in [-0.05, 0) is 82.1 Å². The van der Waals surface area contributed by atoms with Gasteiger partial charge < -0.3 is 13.7 Å². The summed E-state index contributed by atoms with van der Waals surface area (Å²) < 4.78 is 12.7. The predicted molar refractivity (Wildman–Crippen MR) is 204 cm³/mol. The molecule has 2 aromatic heterocycles. The number of nitrogens with zero attached hydrogens (tertiary/aromatic N) is 1. The van der Waals surface area contributed by atoms with Crippen LogP contribution in [0.5, 0.6) is 0 Å². The summed E-state index contributed by atoms with van der Waals surface area (Å²) in [5.74, 6) is 0. The van der Waals surface area contributed by atoms with Crippen molar-refractivity contribution < 1.29 is 8.83 Å². The van der Waals surface area contributed by atoms with E-state index in [1.165, 1.54) is 21.9 Å². The van der Waals surface area contributed by atoms with Gasteiger partial charge in [0.05, 0.1) is 11.1 Å². The molecule has 0 amide bonds. The van der Waals surface area contributed by atoms with Gasteiger partial charge in [0.25, 0.3) is 0 Å². The highest BCUT2D eigenvalue weighted by Crippen LogP contribution is 2.44. The molecule has 0 spiro atoms. The normalized spacial score (nSPS) is 11.7. The summed E-state index contributed by atoms with van der Waals surface area (Å²) >= 11 is 0. The molecule has 49 heavy (non-hydrogen) atoms. The Morgan fingerprint density at radius 2 is 0.959 bits per heavy atom. The molecule has 0 saturated heterocycles. The van der Waals surface area contributed by atoms with E-state index in [-0.39, 0.29) is 0 Å². The molecule has 0 N–H and O–H groups in total. The summed E-state index contributed by atoms with van der Waals surface area (Å²) in [7, 11) is 0. The topological polar surface area (TPSA) is 29.5 Å². The van der Waals surface area contributed by atoms with Crippen LogP contribution in [-0.2, 0) is 0 Å². The zero-order valence-corrected chi connectivity index (χ0v) is 26.5. The first kappa shape index (κ1) is 27.5. The fraction of sp³-hybridized carbons (Fsp3) is 0. The van der Waals surface area contributed by atoms with Gasteiger partial charge in [-0.2, -0.15) is 0 Å². The van der Waals surface area contributed by atoms with Crippen LogP contribution in [0.15, 0.2) is 185 Å². The molecule has 0 aliphatic rings. The van der Waals surface area contributed by atoms with Gasteiger partial charge in [0.15, 0.2) is 0 Å². The van der Waals surface area contributed by atoms with Crippen LogP contribution in [0.2, 0.25) is 0 Å². The number of hydrogen-bond acceptors (Lipinski definition) is 3. The molecular formula is C46H29NO2. The molecule has 8 aromatic carbocycles. The number of para-hydroxylation sites is 3. The largest absolute Gasteiger partial charge is 0.456 e. The van der Waals surface area contributed by atoms with E-state index >= 15 is 0 Å². The third-order valence-corrected chi connectivity index (χ3v) is 9.67. The minimum atomic E-state index is 0.865. The zero-order valence-electron chi connectivity index (χ0n) is 26.5. The van der Waals surface area contributed by atoms with Crippen molar-refractivity contribution >= 4 is 71.7 Å². The molecule has 0 fully saturated rings. The number of furan rings is 2. The molecular weight excluding hydrogens is 599 g/mol. The molecule has 0 aliphatic carbocycles. The number of rotatable bonds is 5. The van der Waals surface area contributed by atoms with Crippen molar-refractivity contribution in [3.05, 3.63) is 176 Å². The molecule has 0 atom stereocenters. The van der Waals surface area contributed by atoms with Crippen molar-refractivity contribution in [1.29, 1.82) is 0 Å². The highest BCUT2D eigenvalue weighted by molar-refractivity contribution is 6.13. The fourth-order valence-electron chi connectivity index (χ4n) is 7.31. The minimum absolute atomic E-state index is 0.865. The van der Waals surface area contributed by atoms with Gasteiger partial charge in [-0.1, -0.05) is 121 Å². The summed E-state index contributed by atoms with van der Waals surface area (Å²) in [6.07, 6.45) is 0. The molecule has 10 rings (SSSR count). The van der Waals surface area contributed by atoms with Crippen LogP contribution in [0.4, 0.5) is 17.1 Å². The Bertz CT molecular complexity index is 2820. The third kappa shape index (κ3) is 4.51. The maximum atomic E-state index is 6.39. The van der Waals surface area contributed by atoms with Crippen molar-refractivity contribution in [2.45, 2.75) is 0 Å². The summed E-state index contributed by atoms with van der Waals surface area (Å²) in [6.45, 7) is 0. The van der Waals surface area contributed by atoms with Gasteiger partial charge in [0, 0.05) is 33.1 Å². The summed E-state index contributed by atoms with van der Waals surface area (Å²) in [5.41, 5.74) is 11.3. The Kier molecular flexibility index (Phi) is 6.18. The van der Waals surface area contributed by atoms with Crippen molar-refractivity contribution in [3.63, 3.8) is 0 Å². The van der Waals surface area contributed by atoms with E-state index in [0.29, 0.717) is 0 Å². The van der Waals surface area contributed by atoms with E-state index < -0.39 is 0 Å². The van der Waals surface area contributed by atoms with Gasteiger partial charge in [-0.25, -0.2) is 0 Å². The van der Waals surface area contributed by atoms with Crippen LogP contribution in [0.1, 0.15) is 0 Å². The minimum Gasteiger partial charge on any atom is -0.456 e. The summed E-state index contributed by atoms with van der Waals surface area (Å²) in [6, 6.07) is 62.1. The summed E-state index contributed by atoms with van der Waals surface area (Å²) in [5, 5.41) is 6.93. The van der Waals surface area contributed by atoms with E-state index in [2.05, 4.69) is 157 Å². The highest BCUT2D eigenvalue weighted by Gasteiger charge is 2.20. The van der Waals surface area contributed by atoms with Crippen LogP contribution < -0.4 is 4.90 Å². The molecule has 0 bridgehead atoms. The number of hydrogen-bond donors (Lipinski definition) is 0. The lowest BCUT2D eigenvalue weighted by atomic mass is 10.00. The molecule has 0 saturated carbocycles. The molecule has 0 aliphatic heterocycles. The Balaban J connectivity index is 1.12. The van der Waals surface area contributed by atoms with E-state index in [0.717, 1.165) is 72.1 Å². The first-order chi connectivity index (χ1) is 24.3. The van der Waals surface area contributed by atoms with Crippen molar-refractivity contribution in [2.75, 3.05) is 4.90 Å². The maximum Gasteiger partial charge on any atom is 0.143 e. The van der Waals surface area contributed by atoms with Gasteiger partial charge >= 0.3 is 0 Å². The summed E-state index contributed by atoms with van der Waals surface area (Å²) in [4.78, 5) is 2.33. The lowest BCUT2D eigenvalue weighted by molar-refractivity contribution is 0.669. The van der Waals surface area contributed by atoms with Crippen molar-refractivity contribution in [1.82, 2.24) is 0 Å². The Hall–Kier alpha value is -6.58. The molecule has 3 heteroatoms. The number of benzene rings is 8. The quantitative estimate of drug-likeness (QED) is 0.190. The molecule has 3 nitrogen and oxygen atoms in total. The van der Waals surface area contributed by atoms with E-state index in [1.54, 1.807) is 0 Å². The second-order valence-corrected chi connectivity index (χ2v) is 12.5. The number of anilines is 3. The first-order valence-electron chi connectivity index (χ1n) is 16.6. The fourth-order valence-corrected chi connectivity index (χ4v) is 7.31. The Morgan fingerprint density at radius 1 is 0.367 bits per heavy atom. The Labute approximate surface area is 282 Å². The van der Waals surface area contributed by atoms with Crippen LogP contribution in [-0.4, -0.2) is 0 Å². The zero-order chi connectivity index (χ0) is 32.3. The third-order valence-electron chi connectivity index (χ3n) is 9.67. The Morgan fingerprint density at radius 3 is 1.76 bits per heavy atom. The van der Waals surface area contributed by atoms with Crippen molar-refractivity contribution in [2.24, 2.45) is 0 Å². The van der Waals surface area contributed by atoms with Crippen LogP contribution in [0, 0.1) is 0 Å². The van der Waals surface area contributed by atoms with Crippen LogP contribution in [0.3, 0.4) is 0 Å². The molecule has 0 unspecified atom stereocenters. The second-order valence-electron chi connectivity index (χ2n) is 12.5. The maximum absolute atomic E-state index is 6.39. The smallest absolute Gasteiger partial charge is 0.143 e. The molecule has 10 aromatic rings. The first-order valence-corrected chi connectivity index (χ1v) is 16.6.